The Balaban J connectivity index is 2.15. The van der Waals surface area contributed by atoms with Crippen molar-refractivity contribution in [3.63, 3.8) is 0 Å². The SMILES string of the molecule is Cc1cc(C(C)C(=NC(=O)OCc2ccccc2)C(=O)O)ccc1Br. The maximum Gasteiger partial charge on any atom is 0.434 e. The molecule has 2 aromatic rings. The Bertz CT molecular complexity index is 802. The minimum atomic E-state index is -1.25. The van der Waals surface area contributed by atoms with Gasteiger partial charge in [-0.1, -0.05) is 65.3 Å². The molecule has 0 radical (unpaired) electrons. The van der Waals surface area contributed by atoms with Gasteiger partial charge in [-0.25, -0.2) is 9.59 Å². The molecule has 130 valence electrons. The molecular formula is C19H18BrNO4. The zero-order valence-electron chi connectivity index (χ0n) is 13.9. The van der Waals surface area contributed by atoms with Crippen LogP contribution in [0.2, 0.25) is 0 Å². The van der Waals surface area contributed by atoms with Gasteiger partial charge in [0, 0.05) is 10.4 Å². The van der Waals surface area contributed by atoms with Gasteiger partial charge in [0.1, 0.15) is 12.3 Å². The lowest BCUT2D eigenvalue weighted by Gasteiger charge is -2.13. The zero-order valence-corrected chi connectivity index (χ0v) is 15.5. The third-order valence-corrected chi connectivity index (χ3v) is 4.62. The molecule has 0 spiro atoms. The molecular weight excluding hydrogens is 386 g/mol. The van der Waals surface area contributed by atoms with E-state index in [1.54, 1.807) is 13.0 Å². The molecule has 0 heterocycles. The Morgan fingerprint density at radius 1 is 1.20 bits per heavy atom. The number of amides is 1. The van der Waals surface area contributed by atoms with Crippen molar-refractivity contribution in [2.45, 2.75) is 26.4 Å². The molecule has 25 heavy (non-hydrogen) atoms. The van der Waals surface area contributed by atoms with E-state index in [4.69, 9.17) is 4.74 Å². The fourth-order valence-electron chi connectivity index (χ4n) is 2.27. The number of hydrogen-bond acceptors (Lipinski definition) is 3. The van der Waals surface area contributed by atoms with Gasteiger partial charge in [-0.05, 0) is 29.7 Å². The molecule has 2 aromatic carbocycles. The van der Waals surface area contributed by atoms with E-state index in [-0.39, 0.29) is 12.3 Å². The maximum absolute atomic E-state index is 11.9. The van der Waals surface area contributed by atoms with Crippen molar-refractivity contribution in [2.75, 3.05) is 0 Å². The molecule has 0 aliphatic rings. The molecule has 1 amide bonds. The molecule has 5 nitrogen and oxygen atoms in total. The Kier molecular flexibility index (Phi) is 6.47. The molecule has 0 bridgehead atoms. The third kappa shape index (κ3) is 5.26. The highest BCUT2D eigenvalue weighted by Gasteiger charge is 2.22. The van der Waals surface area contributed by atoms with E-state index in [0.29, 0.717) is 0 Å². The highest BCUT2D eigenvalue weighted by molar-refractivity contribution is 9.10. The summed E-state index contributed by atoms with van der Waals surface area (Å²) in [5.74, 6) is -1.79. The van der Waals surface area contributed by atoms with Gasteiger partial charge < -0.3 is 9.84 Å². The van der Waals surface area contributed by atoms with Gasteiger partial charge in [0.2, 0.25) is 0 Å². The third-order valence-electron chi connectivity index (χ3n) is 3.73. The van der Waals surface area contributed by atoms with Crippen molar-refractivity contribution in [3.8, 4) is 0 Å². The number of halogens is 1. The average molecular weight is 404 g/mol. The molecule has 0 saturated carbocycles. The molecule has 0 aliphatic carbocycles. The maximum atomic E-state index is 11.9. The van der Waals surface area contributed by atoms with Crippen LogP contribution in [0.3, 0.4) is 0 Å². The number of aliphatic imine (C=N–C) groups is 1. The highest BCUT2D eigenvalue weighted by atomic mass is 79.9. The van der Waals surface area contributed by atoms with E-state index in [9.17, 15) is 14.7 Å². The Hall–Kier alpha value is -2.47. The van der Waals surface area contributed by atoms with Crippen molar-refractivity contribution < 1.29 is 19.4 Å². The van der Waals surface area contributed by atoms with Crippen molar-refractivity contribution in [3.05, 3.63) is 69.7 Å². The van der Waals surface area contributed by atoms with Crippen LogP contribution in [-0.2, 0) is 16.1 Å². The number of hydrogen-bond donors (Lipinski definition) is 1. The minimum absolute atomic E-state index is 0.0435. The van der Waals surface area contributed by atoms with Crippen LogP contribution in [0, 0.1) is 6.92 Å². The van der Waals surface area contributed by atoms with Crippen molar-refractivity contribution in [1.82, 2.24) is 0 Å². The van der Waals surface area contributed by atoms with Crippen molar-refractivity contribution in [1.29, 1.82) is 0 Å². The molecule has 0 aromatic heterocycles. The van der Waals surface area contributed by atoms with Crippen LogP contribution in [0.5, 0.6) is 0 Å². The normalized spacial score (nSPS) is 12.5. The number of aryl methyl sites for hydroxylation is 1. The monoisotopic (exact) mass is 403 g/mol. The van der Waals surface area contributed by atoms with Crippen molar-refractivity contribution >= 4 is 33.7 Å². The number of carbonyl (C=O) groups is 2. The van der Waals surface area contributed by atoms with E-state index < -0.39 is 18.0 Å². The molecule has 0 fully saturated rings. The van der Waals surface area contributed by atoms with Crippen LogP contribution in [0.1, 0.15) is 29.5 Å². The largest absolute Gasteiger partial charge is 0.477 e. The summed E-state index contributed by atoms with van der Waals surface area (Å²) in [6.45, 7) is 3.65. The first-order chi connectivity index (χ1) is 11.9. The summed E-state index contributed by atoms with van der Waals surface area (Å²) in [4.78, 5) is 27.1. The topological polar surface area (TPSA) is 76.0 Å². The number of aliphatic carboxylic acids is 1. The Labute approximate surface area is 154 Å². The van der Waals surface area contributed by atoms with Gasteiger partial charge >= 0.3 is 12.1 Å². The molecule has 1 unspecified atom stereocenters. The number of carbonyl (C=O) groups excluding carboxylic acids is 1. The number of carboxylic acid groups (broad SMARTS) is 1. The second-order valence-corrected chi connectivity index (χ2v) is 6.43. The van der Waals surface area contributed by atoms with Gasteiger partial charge in [0.15, 0.2) is 0 Å². The lowest BCUT2D eigenvalue weighted by atomic mass is 9.94. The second-order valence-electron chi connectivity index (χ2n) is 5.57. The van der Waals surface area contributed by atoms with Crippen LogP contribution in [0.25, 0.3) is 0 Å². The fraction of sp³-hybridized carbons (Fsp3) is 0.211. The van der Waals surface area contributed by atoms with E-state index in [1.165, 1.54) is 0 Å². The zero-order chi connectivity index (χ0) is 18.4. The molecule has 2 rings (SSSR count). The Morgan fingerprint density at radius 3 is 2.48 bits per heavy atom. The predicted octanol–water partition coefficient (Wildman–Crippen LogP) is 4.72. The number of carboxylic acids is 1. The summed E-state index contributed by atoms with van der Waals surface area (Å²) in [6.07, 6.45) is -0.915. The number of nitrogens with zero attached hydrogens (tertiary/aromatic N) is 1. The summed E-state index contributed by atoms with van der Waals surface area (Å²) in [6, 6.07) is 14.6. The molecule has 1 N–H and O–H groups in total. The van der Waals surface area contributed by atoms with Gasteiger partial charge in [-0.2, -0.15) is 4.99 Å². The molecule has 6 heteroatoms. The first kappa shape index (κ1) is 18.9. The summed E-state index contributed by atoms with van der Waals surface area (Å²) in [7, 11) is 0. The summed E-state index contributed by atoms with van der Waals surface area (Å²) in [5.41, 5.74) is 2.29. The molecule has 0 saturated heterocycles. The van der Waals surface area contributed by atoms with Crippen LogP contribution in [0.15, 0.2) is 58.0 Å². The highest BCUT2D eigenvalue weighted by Crippen LogP contribution is 2.24. The Morgan fingerprint density at radius 2 is 1.88 bits per heavy atom. The standard InChI is InChI=1S/C19H18BrNO4/c1-12-10-15(8-9-16(12)20)13(2)17(18(22)23)21-19(24)25-11-14-6-4-3-5-7-14/h3-10,13H,11H2,1-2H3,(H,22,23). The van der Waals surface area contributed by atoms with Crippen LogP contribution in [-0.4, -0.2) is 22.9 Å². The quantitative estimate of drug-likeness (QED) is 0.732. The smallest absolute Gasteiger partial charge is 0.434 e. The summed E-state index contributed by atoms with van der Waals surface area (Å²) >= 11 is 3.41. The van der Waals surface area contributed by atoms with E-state index >= 15 is 0 Å². The van der Waals surface area contributed by atoms with E-state index in [2.05, 4.69) is 20.9 Å². The lowest BCUT2D eigenvalue weighted by molar-refractivity contribution is -0.129. The second kappa shape index (κ2) is 8.58. The number of ether oxygens (including phenoxy) is 1. The fourth-order valence-corrected chi connectivity index (χ4v) is 2.52. The van der Waals surface area contributed by atoms with Gasteiger partial charge in [0.25, 0.3) is 0 Å². The number of rotatable bonds is 5. The minimum Gasteiger partial charge on any atom is -0.477 e. The summed E-state index contributed by atoms with van der Waals surface area (Å²) < 4.78 is 5.97. The average Bonchev–Trinajstić information content (AvgIpc) is 2.60. The van der Waals surface area contributed by atoms with Crippen LogP contribution in [0.4, 0.5) is 4.79 Å². The van der Waals surface area contributed by atoms with Gasteiger partial charge in [0.05, 0.1) is 0 Å². The lowest BCUT2D eigenvalue weighted by Crippen LogP contribution is -2.22. The van der Waals surface area contributed by atoms with E-state index in [1.807, 2.05) is 49.4 Å². The first-order valence-electron chi connectivity index (χ1n) is 7.67. The van der Waals surface area contributed by atoms with Gasteiger partial charge in [-0.15, -0.1) is 0 Å². The summed E-state index contributed by atoms with van der Waals surface area (Å²) in [5, 5.41) is 9.42. The van der Waals surface area contributed by atoms with Crippen LogP contribution < -0.4 is 0 Å². The number of benzene rings is 2. The molecule has 0 aliphatic heterocycles. The van der Waals surface area contributed by atoms with Crippen molar-refractivity contribution in [2.24, 2.45) is 4.99 Å². The van der Waals surface area contributed by atoms with E-state index in [0.717, 1.165) is 21.2 Å². The van der Waals surface area contributed by atoms with Gasteiger partial charge in [-0.3, -0.25) is 0 Å². The first-order valence-corrected chi connectivity index (χ1v) is 8.46. The van der Waals surface area contributed by atoms with Crippen LogP contribution >= 0.6 is 15.9 Å². The molecule has 1 atom stereocenters. The predicted molar refractivity (Wildman–Crippen MR) is 99.0 cm³/mol.